The summed E-state index contributed by atoms with van der Waals surface area (Å²) in [6.45, 7) is 11.7. The normalized spacial score (nSPS) is 13.4. The highest BCUT2D eigenvalue weighted by Gasteiger charge is 2.14. The van der Waals surface area contributed by atoms with Crippen LogP contribution in [0.25, 0.3) is 0 Å². The first-order chi connectivity index (χ1) is 8.81. The monoisotopic (exact) mass is 266 g/mol. The van der Waals surface area contributed by atoms with Crippen LogP contribution in [0.2, 0.25) is 0 Å². The van der Waals surface area contributed by atoms with Crippen LogP contribution in [0.5, 0.6) is 5.75 Å². The van der Waals surface area contributed by atoms with Crippen LogP contribution in [0.15, 0.2) is 12.1 Å². The van der Waals surface area contributed by atoms with Gasteiger partial charge in [0.25, 0.3) is 0 Å². The summed E-state index contributed by atoms with van der Waals surface area (Å²) in [5.74, 6) is 0.826. The van der Waals surface area contributed by atoms with E-state index < -0.39 is 0 Å². The summed E-state index contributed by atoms with van der Waals surface area (Å²) in [5.41, 5.74) is 2.00. The zero-order valence-electron chi connectivity index (χ0n) is 12.9. The van der Waals surface area contributed by atoms with Crippen molar-refractivity contribution in [3.05, 3.63) is 23.5 Å². The Bertz CT molecular complexity index is 400. The molecule has 1 aromatic heterocycles. The van der Waals surface area contributed by atoms with Crippen LogP contribution in [0, 0.1) is 6.92 Å². The molecule has 1 N–H and O–H groups in total. The van der Waals surface area contributed by atoms with Gasteiger partial charge in [-0.15, -0.1) is 0 Å². The van der Waals surface area contributed by atoms with E-state index in [1.807, 2.05) is 26.0 Å². The van der Waals surface area contributed by atoms with Gasteiger partial charge in [-0.25, -0.2) is 0 Å². The van der Waals surface area contributed by atoms with E-state index in [0.717, 1.165) is 17.1 Å². The van der Waals surface area contributed by atoms with E-state index in [0.29, 0.717) is 13.2 Å². The lowest BCUT2D eigenvalue weighted by Gasteiger charge is -2.22. The maximum Gasteiger partial charge on any atom is 0.142 e. The largest absolute Gasteiger partial charge is 0.486 e. The maximum atomic E-state index is 5.88. The van der Waals surface area contributed by atoms with Crippen molar-refractivity contribution in [3.63, 3.8) is 0 Å². The van der Waals surface area contributed by atoms with Crippen molar-refractivity contribution in [1.82, 2.24) is 10.3 Å². The van der Waals surface area contributed by atoms with Crippen LogP contribution in [-0.2, 0) is 11.3 Å². The van der Waals surface area contributed by atoms with Gasteiger partial charge in [0, 0.05) is 24.9 Å². The second-order valence-electron chi connectivity index (χ2n) is 5.88. The molecule has 1 aromatic rings. The summed E-state index contributed by atoms with van der Waals surface area (Å²) < 4.78 is 11.0. The number of aryl methyl sites for hydroxylation is 1. The van der Waals surface area contributed by atoms with Gasteiger partial charge in [-0.2, -0.15) is 0 Å². The fraction of sp³-hybridized carbons (Fsp3) is 0.667. The third-order valence-electron chi connectivity index (χ3n) is 2.59. The highest BCUT2D eigenvalue weighted by atomic mass is 16.5. The molecule has 0 saturated carbocycles. The van der Waals surface area contributed by atoms with E-state index in [-0.39, 0.29) is 11.6 Å². The molecule has 0 spiro atoms. The van der Waals surface area contributed by atoms with Crippen LogP contribution in [-0.4, -0.2) is 30.3 Å². The molecule has 0 fully saturated rings. The fourth-order valence-electron chi connectivity index (χ4n) is 1.67. The lowest BCUT2D eigenvalue weighted by molar-refractivity contribution is 0.0909. The average Bonchev–Trinajstić information content (AvgIpc) is 2.29. The van der Waals surface area contributed by atoms with Crippen molar-refractivity contribution in [2.45, 2.75) is 52.8 Å². The van der Waals surface area contributed by atoms with E-state index in [1.54, 1.807) is 7.11 Å². The first-order valence-electron chi connectivity index (χ1n) is 6.69. The number of hydrogen-bond acceptors (Lipinski definition) is 4. The molecule has 0 aromatic carbocycles. The van der Waals surface area contributed by atoms with E-state index in [2.05, 4.69) is 31.1 Å². The second-order valence-corrected chi connectivity index (χ2v) is 5.88. The topological polar surface area (TPSA) is 43.4 Å². The minimum atomic E-state index is 0.0166. The molecule has 0 amide bonds. The number of ether oxygens (including phenoxy) is 2. The summed E-state index contributed by atoms with van der Waals surface area (Å²) >= 11 is 0. The van der Waals surface area contributed by atoms with Crippen LogP contribution in [0.1, 0.15) is 39.1 Å². The predicted molar refractivity (Wildman–Crippen MR) is 77.5 cm³/mol. The van der Waals surface area contributed by atoms with Crippen molar-refractivity contribution >= 4 is 0 Å². The maximum absolute atomic E-state index is 5.88. The number of rotatable bonds is 6. The van der Waals surface area contributed by atoms with Crippen LogP contribution >= 0.6 is 0 Å². The van der Waals surface area contributed by atoms with Gasteiger partial charge in [-0.1, -0.05) is 0 Å². The third kappa shape index (κ3) is 6.03. The molecule has 1 unspecified atom stereocenters. The Morgan fingerprint density at radius 1 is 1.32 bits per heavy atom. The molecule has 4 heteroatoms. The second kappa shape index (κ2) is 6.87. The van der Waals surface area contributed by atoms with Gasteiger partial charge in [0.15, 0.2) is 0 Å². The minimum absolute atomic E-state index is 0.0166. The quantitative estimate of drug-likeness (QED) is 0.859. The summed E-state index contributed by atoms with van der Waals surface area (Å²) in [6.07, 6.45) is 0.0166. The molecular weight excluding hydrogens is 240 g/mol. The van der Waals surface area contributed by atoms with Gasteiger partial charge in [-0.05, 0) is 46.8 Å². The zero-order chi connectivity index (χ0) is 14.5. The van der Waals surface area contributed by atoms with E-state index in [9.17, 15) is 0 Å². The van der Waals surface area contributed by atoms with Crippen LogP contribution in [0.4, 0.5) is 0 Å². The van der Waals surface area contributed by atoms with Crippen LogP contribution in [0.3, 0.4) is 0 Å². The molecule has 1 heterocycles. The standard InChI is InChI=1S/C15H26N2O2/c1-11-7-8-14(19-12(2)10-18-6)13(17-11)9-16-15(3,4)5/h7-8,12,16H,9-10H2,1-6H3. The Morgan fingerprint density at radius 3 is 2.58 bits per heavy atom. The Labute approximate surface area is 116 Å². The number of hydrogen-bond donors (Lipinski definition) is 1. The number of nitrogens with zero attached hydrogens (tertiary/aromatic N) is 1. The Hall–Kier alpha value is -1.13. The smallest absolute Gasteiger partial charge is 0.142 e. The summed E-state index contributed by atoms with van der Waals surface area (Å²) in [4.78, 5) is 4.56. The molecule has 0 aliphatic heterocycles. The summed E-state index contributed by atoms with van der Waals surface area (Å²) in [5, 5.41) is 3.44. The molecule has 0 radical (unpaired) electrons. The number of methoxy groups -OCH3 is 1. The minimum Gasteiger partial charge on any atom is -0.486 e. The zero-order valence-corrected chi connectivity index (χ0v) is 12.9. The Balaban J connectivity index is 2.79. The third-order valence-corrected chi connectivity index (χ3v) is 2.59. The Morgan fingerprint density at radius 2 is 2.00 bits per heavy atom. The predicted octanol–water partition coefficient (Wildman–Crippen LogP) is 2.69. The van der Waals surface area contributed by atoms with E-state index in [4.69, 9.17) is 9.47 Å². The molecular formula is C15H26N2O2. The fourth-order valence-corrected chi connectivity index (χ4v) is 1.67. The molecule has 19 heavy (non-hydrogen) atoms. The van der Waals surface area contributed by atoms with Crippen molar-refractivity contribution in [3.8, 4) is 5.75 Å². The molecule has 0 aliphatic rings. The molecule has 108 valence electrons. The van der Waals surface area contributed by atoms with Gasteiger partial charge in [-0.3, -0.25) is 4.98 Å². The van der Waals surface area contributed by atoms with Gasteiger partial charge < -0.3 is 14.8 Å². The Kier molecular flexibility index (Phi) is 5.76. The first-order valence-corrected chi connectivity index (χ1v) is 6.69. The number of nitrogens with one attached hydrogen (secondary N) is 1. The van der Waals surface area contributed by atoms with Gasteiger partial charge in [0.2, 0.25) is 0 Å². The van der Waals surface area contributed by atoms with Gasteiger partial charge >= 0.3 is 0 Å². The van der Waals surface area contributed by atoms with E-state index >= 15 is 0 Å². The first kappa shape index (κ1) is 15.9. The van der Waals surface area contributed by atoms with Gasteiger partial charge in [0.1, 0.15) is 11.9 Å². The lowest BCUT2D eigenvalue weighted by atomic mass is 10.1. The molecule has 0 aliphatic carbocycles. The lowest BCUT2D eigenvalue weighted by Crippen LogP contribution is -2.35. The van der Waals surface area contributed by atoms with Crippen molar-refractivity contribution in [2.75, 3.05) is 13.7 Å². The number of aromatic nitrogens is 1. The molecule has 0 saturated heterocycles. The van der Waals surface area contributed by atoms with Crippen molar-refractivity contribution in [1.29, 1.82) is 0 Å². The SMILES string of the molecule is COCC(C)Oc1ccc(C)nc1CNC(C)(C)C. The summed E-state index contributed by atoms with van der Waals surface area (Å²) in [6, 6.07) is 3.95. The van der Waals surface area contributed by atoms with E-state index in [1.165, 1.54) is 0 Å². The van der Waals surface area contributed by atoms with Gasteiger partial charge in [0.05, 0.1) is 12.3 Å². The average molecular weight is 266 g/mol. The number of pyridine rings is 1. The molecule has 1 rings (SSSR count). The molecule has 0 bridgehead atoms. The van der Waals surface area contributed by atoms with Crippen molar-refractivity contribution in [2.24, 2.45) is 0 Å². The summed E-state index contributed by atoms with van der Waals surface area (Å²) in [7, 11) is 1.68. The highest BCUT2D eigenvalue weighted by Crippen LogP contribution is 2.19. The molecule has 1 atom stereocenters. The van der Waals surface area contributed by atoms with Crippen LogP contribution < -0.4 is 10.1 Å². The molecule has 4 nitrogen and oxygen atoms in total. The van der Waals surface area contributed by atoms with Crippen molar-refractivity contribution < 1.29 is 9.47 Å². The highest BCUT2D eigenvalue weighted by molar-refractivity contribution is 5.29.